The lowest BCUT2D eigenvalue weighted by atomic mass is 10.4. The molecule has 4 aromatic rings. The normalized spacial score (nSPS) is 11.1. The smallest absolute Gasteiger partial charge is 0.262 e. The summed E-state index contributed by atoms with van der Waals surface area (Å²) in [6.07, 6.45) is 1.39. The van der Waals surface area contributed by atoms with Gasteiger partial charge in [-0.1, -0.05) is 0 Å². The zero-order chi connectivity index (χ0) is 19.8. The van der Waals surface area contributed by atoms with Crippen LogP contribution in [0, 0.1) is 20.8 Å². The fourth-order valence-electron chi connectivity index (χ4n) is 2.89. The average Bonchev–Trinajstić information content (AvgIpc) is 3.23. The van der Waals surface area contributed by atoms with Crippen molar-refractivity contribution >= 4 is 33.3 Å². The molecular weight excluding hydrogens is 378 g/mol. The molecule has 0 aliphatic heterocycles. The highest BCUT2D eigenvalue weighted by molar-refractivity contribution is 7.16. The van der Waals surface area contributed by atoms with Crippen molar-refractivity contribution in [1.29, 1.82) is 0 Å². The lowest BCUT2D eigenvalue weighted by Crippen LogP contribution is -2.28. The maximum atomic E-state index is 12.6. The lowest BCUT2D eigenvalue weighted by molar-refractivity contribution is -0.116. The Morgan fingerprint density at radius 3 is 2.64 bits per heavy atom. The van der Waals surface area contributed by atoms with Gasteiger partial charge in [0.1, 0.15) is 17.2 Å². The van der Waals surface area contributed by atoms with Gasteiger partial charge < -0.3 is 5.32 Å². The fraction of sp³-hybridized carbons (Fsp3) is 0.222. The molecule has 0 aliphatic rings. The van der Waals surface area contributed by atoms with Crippen molar-refractivity contribution in [3.05, 3.63) is 57.3 Å². The Morgan fingerprint density at radius 1 is 1.14 bits per heavy atom. The summed E-state index contributed by atoms with van der Waals surface area (Å²) in [5, 5.41) is 9.46. The van der Waals surface area contributed by atoms with Gasteiger partial charge in [-0.15, -0.1) is 11.3 Å². The molecule has 0 saturated carbocycles. The van der Waals surface area contributed by atoms with Crippen LogP contribution in [0.4, 0.5) is 5.82 Å². The number of carbonyl (C=O) groups excluding carboxylic acids is 1. The molecule has 10 heteroatoms. The van der Waals surface area contributed by atoms with Crippen LogP contribution in [-0.2, 0) is 11.3 Å². The van der Waals surface area contributed by atoms with Gasteiger partial charge in [-0.05, 0) is 38.3 Å². The van der Waals surface area contributed by atoms with Gasteiger partial charge in [0.2, 0.25) is 5.91 Å². The van der Waals surface area contributed by atoms with Crippen molar-refractivity contribution in [3.8, 4) is 5.95 Å². The molecule has 0 fully saturated rings. The van der Waals surface area contributed by atoms with E-state index in [0.29, 0.717) is 27.7 Å². The van der Waals surface area contributed by atoms with Crippen LogP contribution >= 0.6 is 11.3 Å². The second kappa shape index (κ2) is 6.97. The molecule has 4 rings (SSSR count). The lowest BCUT2D eigenvalue weighted by Gasteiger charge is -2.09. The first-order valence-corrected chi connectivity index (χ1v) is 9.40. The van der Waals surface area contributed by atoms with E-state index in [-0.39, 0.29) is 18.0 Å². The van der Waals surface area contributed by atoms with Gasteiger partial charge in [-0.25, -0.2) is 15.0 Å². The standard InChI is InChI=1S/C18H17N7O2S/c1-10-6-11(2)21-18(20-10)25-14(7-12(3)23-25)22-15(26)8-24-9-19-16-13(17(24)27)4-5-28-16/h4-7,9H,8H2,1-3H3,(H,22,26). The Hall–Kier alpha value is -3.40. The van der Waals surface area contributed by atoms with E-state index in [9.17, 15) is 9.59 Å². The molecule has 1 amide bonds. The molecule has 0 bridgehead atoms. The number of thiophene rings is 1. The number of hydrogen-bond acceptors (Lipinski definition) is 7. The largest absolute Gasteiger partial charge is 0.309 e. The molecule has 0 radical (unpaired) electrons. The molecule has 28 heavy (non-hydrogen) atoms. The summed E-state index contributed by atoms with van der Waals surface area (Å²) in [5.41, 5.74) is 2.06. The molecule has 9 nitrogen and oxygen atoms in total. The van der Waals surface area contributed by atoms with Crippen LogP contribution in [0.15, 0.2) is 34.7 Å². The number of amides is 1. The van der Waals surface area contributed by atoms with Crippen LogP contribution in [0.25, 0.3) is 16.2 Å². The molecule has 4 aromatic heterocycles. The number of nitrogens with one attached hydrogen (secondary N) is 1. The summed E-state index contributed by atoms with van der Waals surface area (Å²) in [4.78, 5) is 38.7. The first-order chi connectivity index (χ1) is 13.4. The average molecular weight is 395 g/mol. The van der Waals surface area contributed by atoms with E-state index in [1.165, 1.54) is 26.9 Å². The number of carbonyl (C=O) groups is 1. The number of fused-ring (bicyclic) bond motifs is 1. The third kappa shape index (κ3) is 3.41. The SMILES string of the molecule is Cc1cc(C)nc(-n2nc(C)cc2NC(=O)Cn2cnc3sccc3c2=O)n1. The second-order valence-corrected chi connectivity index (χ2v) is 7.29. The number of aryl methyl sites for hydroxylation is 3. The topological polar surface area (TPSA) is 108 Å². The number of anilines is 1. The van der Waals surface area contributed by atoms with E-state index in [0.717, 1.165) is 11.4 Å². The van der Waals surface area contributed by atoms with Crippen LogP contribution in [-0.4, -0.2) is 35.2 Å². The van der Waals surface area contributed by atoms with Crippen molar-refractivity contribution in [2.24, 2.45) is 0 Å². The molecule has 0 saturated heterocycles. The van der Waals surface area contributed by atoms with Crippen molar-refractivity contribution in [2.75, 3.05) is 5.32 Å². The highest BCUT2D eigenvalue weighted by Gasteiger charge is 2.15. The van der Waals surface area contributed by atoms with Gasteiger partial charge in [-0.2, -0.15) is 9.78 Å². The van der Waals surface area contributed by atoms with Crippen LogP contribution in [0.1, 0.15) is 17.1 Å². The molecule has 4 heterocycles. The van der Waals surface area contributed by atoms with Crippen LogP contribution in [0.5, 0.6) is 0 Å². The van der Waals surface area contributed by atoms with E-state index in [1.807, 2.05) is 26.8 Å². The highest BCUT2D eigenvalue weighted by Crippen LogP contribution is 2.16. The van der Waals surface area contributed by atoms with E-state index >= 15 is 0 Å². The molecule has 0 aromatic carbocycles. The predicted octanol–water partition coefficient (Wildman–Crippen LogP) is 2.00. The van der Waals surface area contributed by atoms with E-state index in [1.54, 1.807) is 17.5 Å². The van der Waals surface area contributed by atoms with E-state index < -0.39 is 0 Å². The summed E-state index contributed by atoms with van der Waals surface area (Å²) in [6.45, 7) is 5.39. The Labute approximate surface area is 163 Å². The maximum Gasteiger partial charge on any atom is 0.262 e. The van der Waals surface area contributed by atoms with Crippen molar-refractivity contribution in [3.63, 3.8) is 0 Å². The minimum atomic E-state index is -0.371. The quantitative estimate of drug-likeness (QED) is 0.566. The molecule has 142 valence electrons. The van der Waals surface area contributed by atoms with Crippen molar-refractivity contribution < 1.29 is 4.79 Å². The number of nitrogens with zero attached hydrogens (tertiary/aromatic N) is 6. The van der Waals surface area contributed by atoms with Crippen LogP contribution < -0.4 is 10.9 Å². The number of aromatic nitrogens is 6. The summed E-state index contributed by atoms with van der Waals surface area (Å²) in [7, 11) is 0. The Morgan fingerprint density at radius 2 is 1.89 bits per heavy atom. The summed E-state index contributed by atoms with van der Waals surface area (Å²) < 4.78 is 2.77. The number of hydrogen-bond donors (Lipinski definition) is 1. The monoisotopic (exact) mass is 395 g/mol. The highest BCUT2D eigenvalue weighted by atomic mass is 32.1. The molecule has 0 atom stereocenters. The summed E-state index contributed by atoms with van der Waals surface area (Å²) in [6, 6.07) is 5.29. The van der Waals surface area contributed by atoms with Gasteiger partial charge in [0.05, 0.1) is 17.4 Å². The van der Waals surface area contributed by atoms with Crippen LogP contribution in [0.3, 0.4) is 0 Å². The van der Waals surface area contributed by atoms with Gasteiger partial charge in [-0.3, -0.25) is 14.2 Å². The minimum absolute atomic E-state index is 0.157. The third-order valence-electron chi connectivity index (χ3n) is 4.02. The van der Waals surface area contributed by atoms with Gasteiger partial charge >= 0.3 is 0 Å². The van der Waals surface area contributed by atoms with Crippen LogP contribution in [0.2, 0.25) is 0 Å². The molecule has 0 spiro atoms. The Bertz CT molecular complexity index is 1230. The summed E-state index contributed by atoms with van der Waals surface area (Å²) >= 11 is 1.39. The first kappa shape index (κ1) is 18.0. The second-order valence-electron chi connectivity index (χ2n) is 6.40. The Balaban J connectivity index is 1.61. The van der Waals surface area contributed by atoms with E-state index in [4.69, 9.17) is 0 Å². The van der Waals surface area contributed by atoms with Gasteiger partial charge in [0.25, 0.3) is 11.5 Å². The number of rotatable bonds is 4. The molecule has 0 aliphatic carbocycles. The summed E-state index contributed by atoms with van der Waals surface area (Å²) in [5.74, 6) is 0.438. The zero-order valence-corrected chi connectivity index (χ0v) is 16.3. The molecule has 1 N–H and O–H groups in total. The zero-order valence-electron chi connectivity index (χ0n) is 15.5. The third-order valence-corrected chi connectivity index (χ3v) is 4.84. The van der Waals surface area contributed by atoms with Gasteiger partial charge in [0.15, 0.2) is 0 Å². The fourth-order valence-corrected chi connectivity index (χ4v) is 3.61. The maximum absolute atomic E-state index is 12.6. The van der Waals surface area contributed by atoms with Crippen molar-refractivity contribution in [2.45, 2.75) is 27.3 Å². The molecular formula is C18H17N7O2S. The molecule has 0 unspecified atom stereocenters. The van der Waals surface area contributed by atoms with Crippen molar-refractivity contribution in [1.82, 2.24) is 29.3 Å². The predicted molar refractivity (Wildman–Crippen MR) is 106 cm³/mol. The Kier molecular flexibility index (Phi) is 4.47. The first-order valence-electron chi connectivity index (χ1n) is 8.52. The van der Waals surface area contributed by atoms with Gasteiger partial charge in [0, 0.05) is 17.5 Å². The minimum Gasteiger partial charge on any atom is -0.309 e. The van der Waals surface area contributed by atoms with E-state index in [2.05, 4.69) is 25.4 Å².